The predicted octanol–water partition coefficient (Wildman–Crippen LogP) is 3.16. The first-order chi connectivity index (χ1) is 12.6. The van der Waals surface area contributed by atoms with Gasteiger partial charge in [0, 0.05) is 42.8 Å². The molecule has 0 spiro atoms. The van der Waals surface area contributed by atoms with Crippen LogP contribution in [0, 0.1) is 13.8 Å². The summed E-state index contributed by atoms with van der Waals surface area (Å²) in [7, 11) is 0. The molecule has 1 amide bonds. The summed E-state index contributed by atoms with van der Waals surface area (Å²) < 4.78 is 4.05. The van der Waals surface area contributed by atoms with Gasteiger partial charge in [0.25, 0.3) is 5.91 Å². The monoisotopic (exact) mass is 349 g/mol. The molecule has 0 unspecified atom stereocenters. The van der Waals surface area contributed by atoms with Gasteiger partial charge in [-0.2, -0.15) is 5.10 Å². The Morgan fingerprint density at radius 2 is 1.85 bits per heavy atom. The lowest BCUT2D eigenvalue weighted by molar-refractivity contribution is 0.0694. The molecular weight excluding hydrogens is 326 g/mol. The Kier molecular flexibility index (Phi) is 4.32. The Morgan fingerprint density at radius 3 is 2.42 bits per heavy atom. The van der Waals surface area contributed by atoms with E-state index in [-0.39, 0.29) is 5.91 Å². The molecule has 3 heterocycles. The highest BCUT2D eigenvalue weighted by atomic mass is 16.2. The maximum absolute atomic E-state index is 12.8. The summed E-state index contributed by atoms with van der Waals surface area (Å²) in [6.07, 6.45) is 7.60. The first-order valence-corrected chi connectivity index (χ1v) is 9.02. The van der Waals surface area contributed by atoms with Gasteiger partial charge in [0.05, 0.1) is 17.7 Å². The van der Waals surface area contributed by atoms with Crippen LogP contribution >= 0.6 is 0 Å². The van der Waals surface area contributed by atoms with Crippen LogP contribution in [0.5, 0.6) is 0 Å². The fourth-order valence-electron chi connectivity index (χ4n) is 3.67. The number of imidazole rings is 1. The summed E-state index contributed by atoms with van der Waals surface area (Å²) in [5.41, 5.74) is 3.79. The maximum Gasteiger partial charge on any atom is 0.253 e. The average molecular weight is 349 g/mol. The molecule has 0 saturated carbocycles. The average Bonchev–Trinajstić information content (AvgIpc) is 3.31. The smallest absolute Gasteiger partial charge is 0.253 e. The zero-order valence-electron chi connectivity index (χ0n) is 15.2. The summed E-state index contributed by atoms with van der Waals surface area (Å²) in [6, 6.07) is 10.2. The van der Waals surface area contributed by atoms with Gasteiger partial charge < -0.3 is 9.47 Å². The second kappa shape index (κ2) is 6.78. The van der Waals surface area contributed by atoms with Crippen LogP contribution in [0.4, 0.5) is 0 Å². The first-order valence-electron chi connectivity index (χ1n) is 9.02. The zero-order chi connectivity index (χ0) is 18.1. The minimum absolute atomic E-state index is 0.106. The summed E-state index contributed by atoms with van der Waals surface area (Å²) in [5.74, 6) is 0.106. The van der Waals surface area contributed by atoms with E-state index in [0.717, 1.165) is 48.6 Å². The zero-order valence-corrected chi connectivity index (χ0v) is 15.2. The maximum atomic E-state index is 12.8. The van der Waals surface area contributed by atoms with E-state index >= 15 is 0 Å². The molecule has 1 aromatic carbocycles. The Balaban J connectivity index is 1.43. The lowest BCUT2D eigenvalue weighted by atomic mass is 10.0. The Labute approximate surface area is 153 Å². The van der Waals surface area contributed by atoms with Crippen molar-refractivity contribution in [1.29, 1.82) is 0 Å². The number of benzene rings is 1. The molecule has 6 nitrogen and oxygen atoms in total. The minimum Gasteiger partial charge on any atom is -0.338 e. The molecule has 2 aromatic heterocycles. The molecule has 0 radical (unpaired) electrons. The number of aryl methyl sites for hydroxylation is 2. The SMILES string of the molecule is Cc1cc(C)n(-c2ccc(C(=O)N3CCC(n4ccnc4)CC3)cc2)n1. The van der Waals surface area contributed by atoms with Crippen molar-refractivity contribution in [3.63, 3.8) is 0 Å². The van der Waals surface area contributed by atoms with Crippen LogP contribution in [0.25, 0.3) is 5.69 Å². The van der Waals surface area contributed by atoms with Crippen LogP contribution in [0.2, 0.25) is 0 Å². The van der Waals surface area contributed by atoms with Gasteiger partial charge in [0.15, 0.2) is 0 Å². The number of likely N-dealkylation sites (tertiary alicyclic amines) is 1. The van der Waals surface area contributed by atoms with E-state index in [2.05, 4.69) is 14.6 Å². The number of nitrogens with zero attached hydrogens (tertiary/aromatic N) is 5. The lowest BCUT2D eigenvalue weighted by Crippen LogP contribution is -2.38. The standard InChI is InChI=1S/C20H23N5O/c1-15-13-16(2)25(22-15)19-5-3-17(4-6-19)20(26)23-10-7-18(8-11-23)24-12-9-21-14-24/h3-6,9,12-14,18H,7-8,10-11H2,1-2H3. The molecule has 1 aliphatic rings. The molecule has 134 valence electrons. The van der Waals surface area contributed by atoms with Gasteiger partial charge in [-0.25, -0.2) is 9.67 Å². The quantitative estimate of drug-likeness (QED) is 0.730. The minimum atomic E-state index is 0.106. The van der Waals surface area contributed by atoms with Crippen molar-refractivity contribution in [2.24, 2.45) is 0 Å². The predicted molar refractivity (Wildman–Crippen MR) is 99.4 cm³/mol. The van der Waals surface area contributed by atoms with E-state index in [9.17, 15) is 4.79 Å². The van der Waals surface area contributed by atoms with Gasteiger partial charge in [-0.15, -0.1) is 0 Å². The number of rotatable bonds is 3. The fourth-order valence-corrected chi connectivity index (χ4v) is 3.67. The Morgan fingerprint density at radius 1 is 1.12 bits per heavy atom. The van der Waals surface area contributed by atoms with E-state index in [1.165, 1.54) is 0 Å². The molecule has 4 rings (SSSR count). The van der Waals surface area contributed by atoms with E-state index in [4.69, 9.17) is 0 Å². The molecule has 6 heteroatoms. The van der Waals surface area contributed by atoms with Crippen molar-refractivity contribution in [3.05, 3.63) is 66.0 Å². The molecule has 0 N–H and O–H groups in total. The summed E-state index contributed by atoms with van der Waals surface area (Å²) >= 11 is 0. The van der Waals surface area contributed by atoms with Gasteiger partial charge in [-0.1, -0.05) is 0 Å². The number of carbonyl (C=O) groups is 1. The molecule has 26 heavy (non-hydrogen) atoms. The molecule has 3 aromatic rings. The number of piperidine rings is 1. The normalized spacial score (nSPS) is 15.4. The van der Waals surface area contributed by atoms with Crippen LogP contribution in [-0.2, 0) is 0 Å². The lowest BCUT2D eigenvalue weighted by Gasteiger charge is -2.32. The van der Waals surface area contributed by atoms with E-state index in [0.29, 0.717) is 6.04 Å². The highest BCUT2D eigenvalue weighted by Crippen LogP contribution is 2.23. The number of carbonyl (C=O) groups excluding carboxylic acids is 1. The number of hydrogen-bond acceptors (Lipinski definition) is 3. The van der Waals surface area contributed by atoms with Crippen LogP contribution in [-0.4, -0.2) is 43.2 Å². The van der Waals surface area contributed by atoms with Gasteiger partial charge in [0.2, 0.25) is 0 Å². The number of hydrogen-bond donors (Lipinski definition) is 0. The van der Waals surface area contributed by atoms with E-state index in [1.54, 1.807) is 0 Å². The molecule has 1 fully saturated rings. The van der Waals surface area contributed by atoms with Gasteiger partial charge >= 0.3 is 0 Å². The summed E-state index contributed by atoms with van der Waals surface area (Å²) in [6.45, 7) is 5.57. The van der Waals surface area contributed by atoms with Crippen LogP contribution in [0.3, 0.4) is 0 Å². The number of aromatic nitrogens is 4. The molecule has 1 saturated heterocycles. The highest BCUT2D eigenvalue weighted by molar-refractivity contribution is 5.94. The van der Waals surface area contributed by atoms with Crippen molar-refractivity contribution in [2.45, 2.75) is 32.7 Å². The third-order valence-corrected chi connectivity index (χ3v) is 5.07. The summed E-state index contributed by atoms with van der Waals surface area (Å²) in [5, 5.41) is 4.49. The van der Waals surface area contributed by atoms with Gasteiger partial charge in [-0.3, -0.25) is 4.79 Å². The van der Waals surface area contributed by atoms with E-state index in [1.807, 2.05) is 72.5 Å². The van der Waals surface area contributed by atoms with Crippen molar-refractivity contribution in [3.8, 4) is 5.69 Å². The molecule has 0 bridgehead atoms. The second-order valence-electron chi connectivity index (χ2n) is 6.92. The van der Waals surface area contributed by atoms with Gasteiger partial charge in [-0.05, 0) is 57.0 Å². The van der Waals surface area contributed by atoms with Crippen LogP contribution in [0.1, 0.15) is 40.6 Å². The van der Waals surface area contributed by atoms with E-state index < -0.39 is 0 Å². The Hall–Kier alpha value is -2.89. The van der Waals surface area contributed by atoms with Gasteiger partial charge in [0.1, 0.15) is 0 Å². The molecular formula is C20H23N5O. The fraction of sp³-hybridized carbons (Fsp3) is 0.350. The largest absolute Gasteiger partial charge is 0.338 e. The topological polar surface area (TPSA) is 56.0 Å². The van der Waals surface area contributed by atoms with Crippen LogP contribution < -0.4 is 0 Å². The molecule has 0 atom stereocenters. The van der Waals surface area contributed by atoms with Crippen molar-refractivity contribution in [1.82, 2.24) is 24.2 Å². The third kappa shape index (κ3) is 3.14. The molecule has 1 aliphatic heterocycles. The van der Waals surface area contributed by atoms with Crippen molar-refractivity contribution < 1.29 is 4.79 Å². The first kappa shape index (κ1) is 16.6. The second-order valence-corrected chi connectivity index (χ2v) is 6.92. The van der Waals surface area contributed by atoms with Crippen molar-refractivity contribution >= 4 is 5.91 Å². The van der Waals surface area contributed by atoms with Crippen LogP contribution in [0.15, 0.2) is 49.1 Å². The third-order valence-electron chi connectivity index (χ3n) is 5.07. The van der Waals surface area contributed by atoms with Crippen molar-refractivity contribution in [2.75, 3.05) is 13.1 Å². The Bertz CT molecular complexity index is 887. The molecule has 0 aliphatic carbocycles. The highest BCUT2D eigenvalue weighted by Gasteiger charge is 2.24. The number of amides is 1. The summed E-state index contributed by atoms with van der Waals surface area (Å²) in [4.78, 5) is 18.9.